The quantitative estimate of drug-likeness (QED) is 0.748. The van der Waals surface area contributed by atoms with Gasteiger partial charge in [0.25, 0.3) is 0 Å². The number of aromatic hydroxyl groups is 1. The van der Waals surface area contributed by atoms with Crippen LogP contribution in [-0.4, -0.2) is 16.8 Å². The standard InChI is InChI=1S/C15H19NO3/c1-2-12(11-6-3-4-7-14(11)18)16-13(10-17)15-8-5-9-19-15/h3-9,12-13,16-18H,2,10H2,1H3/t12-,13+/m0/s1. The third kappa shape index (κ3) is 3.16. The molecule has 4 nitrogen and oxygen atoms in total. The van der Waals surface area contributed by atoms with Gasteiger partial charge in [0.15, 0.2) is 0 Å². The van der Waals surface area contributed by atoms with Gasteiger partial charge in [-0.3, -0.25) is 5.32 Å². The highest BCUT2D eigenvalue weighted by molar-refractivity contribution is 5.34. The van der Waals surface area contributed by atoms with Gasteiger partial charge in [-0.15, -0.1) is 0 Å². The molecule has 0 saturated carbocycles. The Hall–Kier alpha value is -1.78. The van der Waals surface area contributed by atoms with Crippen LogP contribution in [0.5, 0.6) is 5.75 Å². The Morgan fingerprint density at radius 1 is 1.16 bits per heavy atom. The Labute approximate surface area is 112 Å². The van der Waals surface area contributed by atoms with E-state index in [-0.39, 0.29) is 24.4 Å². The van der Waals surface area contributed by atoms with Crippen molar-refractivity contribution in [3.05, 3.63) is 54.0 Å². The van der Waals surface area contributed by atoms with E-state index in [0.717, 1.165) is 12.0 Å². The number of furan rings is 1. The van der Waals surface area contributed by atoms with Gasteiger partial charge in [-0.1, -0.05) is 25.1 Å². The summed E-state index contributed by atoms with van der Waals surface area (Å²) >= 11 is 0. The van der Waals surface area contributed by atoms with Crippen molar-refractivity contribution in [3.8, 4) is 5.75 Å². The fourth-order valence-electron chi connectivity index (χ4n) is 2.17. The first-order valence-electron chi connectivity index (χ1n) is 6.44. The summed E-state index contributed by atoms with van der Waals surface area (Å²) in [6, 6.07) is 10.5. The Morgan fingerprint density at radius 3 is 2.53 bits per heavy atom. The van der Waals surface area contributed by atoms with Crippen molar-refractivity contribution in [2.24, 2.45) is 0 Å². The number of hydrogen-bond acceptors (Lipinski definition) is 4. The largest absolute Gasteiger partial charge is 0.508 e. The summed E-state index contributed by atoms with van der Waals surface area (Å²) in [5.41, 5.74) is 0.829. The minimum atomic E-state index is -0.278. The van der Waals surface area contributed by atoms with Crippen LogP contribution in [0, 0.1) is 0 Å². The summed E-state index contributed by atoms with van der Waals surface area (Å²) in [5.74, 6) is 0.953. The molecule has 0 amide bonds. The monoisotopic (exact) mass is 261 g/mol. The fourth-order valence-corrected chi connectivity index (χ4v) is 2.17. The van der Waals surface area contributed by atoms with Crippen LogP contribution in [0.2, 0.25) is 0 Å². The maximum Gasteiger partial charge on any atom is 0.123 e. The van der Waals surface area contributed by atoms with Crippen LogP contribution in [0.3, 0.4) is 0 Å². The van der Waals surface area contributed by atoms with Crippen molar-refractivity contribution in [1.29, 1.82) is 0 Å². The van der Waals surface area contributed by atoms with Gasteiger partial charge in [-0.25, -0.2) is 0 Å². The van der Waals surface area contributed by atoms with Crippen molar-refractivity contribution >= 4 is 0 Å². The molecule has 0 unspecified atom stereocenters. The smallest absolute Gasteiger partial charge is 0.123 e. The maximum atomic E-state index is 9.90. The Balaban J connectivity index is 2.17. The van der Waals surface area contributed by atoms with Crippen LogP contribution in [0.1, 0.15) is 36.8 Å². The van der Waals surface area contributed by atoms with E-state index in [1.54, 1.807) is 24.5 Å². The highest BCUT2D eigenvalue weighted by Crippen LogP contribution is 2.28. The van der Waals surface area contributed by atoms with Crippen molar-refractivity contribution in [1.82, 2.24) is 5.32 Å². The van der Waals surface area contributed by atoms with Gasteiger partial charge in [0.05, 0.1) is 18.9 Å². The molecule has 2 aromatic rings. The number of nitrogens with one attached hydrogen (secondary N) is 1. The summed E-state index contributed by atoms with van der Waals surface area (Å²) in [6.07, 6.45) is 2.38. The lowest BCUT2D eigenvalue weighted by molar-refractivity contribution is 0.213. The van der Waals surface area contributed by atoms with Gasteiger partial charge >= 0.3 is 0 Å². The predicted molar refractivity (Wildman–Crippen MR) is 72.8 cm³/mol. The van der Waals surface area contributed by atoms with E-state index >= 15 is 0 Å². The molecule has 0 fully saturated rings. The molecule has 0 aliphatic carbocycles. The highest BCUT2D eigenvalue weighted by Gasteiger charge is 2.20. The van der Waals surface area contributed by atoms with E-state index in [1.807, 2.05) is 25.1 Å². The molecule has 4 heteroatoms. The van der Waals surface area contributed by atoms with E-state index in [9.17, 15) is 10.2 Å². The van der Waals surface area contributed by atoms with E-state index < -0.39 is 0 Å². The maximum absolute atomic E-state index is 9.90. The average molecular weight is 261 g/mol. The third-order valence-electron chi connectivity index (χ3n) is 3.19. The van der Waals surface area contributed by atoms with E-state index in [4.69, 9.17) is 4.42 Å². The minimum Gasteiger partial charge on any atom is -0.508 e. The Kier molecular flexibility index (Phi) is 4.60. The van der Waals surface area contributed by atoms with Crippen molar-refractivity contribution in [2.45, 2.75) is 25.4 Å². The number of hydrogen-bond donors (Lipinski definition) is 3. The van der Waals surface area contributed by atoms with Crippen molar-refractivity contribution in [3.63, 3.8) is 0 Å². The van der Waals surface area contributed by atoms with Crippen molar-refractivity contribution in [2.75, 3.05) is 6.61 Å². The first-order chi connectivity index (χ1) is 9.26. The van der Waals surface area contributed by atoms with Crippen LogP contribution >= 0.6 is 0 Å². The van der Waals surface area contributed by atoms with Gasteiger partial charge in [0.1, 0.15) is 11.5 Å². The molecule has 2 atom stereocenters. The van der Waals surface area contributed by atoms with Gasteiger partial charge in [-0.05, 0) is 24.6 Å². The number of aliphatic hydroxyl groups excluding tert-OH is 1. The van der Waals surface area contributed by atoms with Crippen LogP contribution in [0.15, 0.2) is 47.1 Å². The zero-order chi connectivity index (χ0) is 13.7. The van der Waals surface area contributed by atoms with Gasteiger partial charge < -0.3 is 14.6 Å². The molecule has 1 aromatic heterocycles. The lowest BCUT2D eigenvalue weighted by Gasteiger charge is -2.23. The second kappa shape index (κ2) is 6.41. The first-order valence-corrected chi connectivity index (χ1v) is 6.44. The number of phenols is 1. The molecule has 1 heterocycles. The molecule has 19 heavy (non-hydrogen) atoms. The molecule has 2 rings (SSSR count). The molecule has 3 N–H and O–H groups in total. The molecular weight excluding hydrogens is 242 g/mol. The molecule has 0 aliphatic rings. The summed E-state index contributed by atoms with van der Waals surface area (Å²) in [7, 11) is 0. The predicted octanol–water partition coefficient (Wildman–Crippen LogP) is 2.76. The number of aliphatic hydroxyl groups is 1. The molecule has 1 aromatic carbocycles. The van der Waals surface area contributed by atoms with Gasteiger partial charge in [-0.2, -0.15) is 0 Å². The van der Waals surface area contributed by atoms with E-state index in [0.29, 0.717) is 5.76 Å². The Morgan fingerprint density at radius 2 is 1.95 bits per heavy atom. The van der Waals surface area contributed by atoms with Crippen LogP contribution < -0.4 is 5.32 Å². The fraction of sp³-hybridized carbons (Fsp3) is 0.333. The van der Waals surface area contributed by atoms with Crippen molar-refractivity contribution < 1.29 is 14.6 Å². The normalized spacial score (nSPS) is 14.2. The molecule has 0 radical (unpaired) electrons. The molecule has 0 bridgehead atoms. The summed E-state index contributed by atoms with van der Waals surface area (Å²) < 4.78 is 5.31. The molecule has 0 spiro atoms. The van der Waals surface area contributed by atoms with Gasteiger partial charge in [0, 0.05) is 11.6 Å². The zero-order valence-electron chi connectivity index (χ0n) is 10.9. The van der Waals surface area contributed by atoms with E-state index in [2.05, 4.69) is 5.32 Å². The number of benzene rings is 1. The third-order valence-corrected chi connectivity index (χ3v) is 3.19. The zero-order valence-corrected chi connectivity index (χ0v) is 10.9. The topological polar surface area (TPSA) is 65.6 Å². The molecule has 0 saturated heterocycles. The lowest BCUT2D eigenvalue weighted by atomic mass is 10.0. The lowest BCUT2D eigenvalue weighted by Crippen LogP contribution is -2.28. The second-order valence-electron chi connectivity index (χ2n) is 4.44. The second-order valence-corrected chi connectivity index (χ2v) is 4.44. The average Bonchev–Trinajstić information content (AvgIpc) is 2.95. The minimum absolute atomic E-state index is 0.0385. The molecule has 0 aliphatic heterocycles. The molecular formula is C15H19NO3. The SMILES string of the molecule is CC[C@H](N[C@H](CO)c1ccco1)c1ccccc1O. The highest BCUT2D eigenvalue weighted by atomic mass is 16.3. The Bertz CT molecular complexity index is 496. The van der Waals surface area contributed by atoms with Crippen LogP contribution in [0.25, 0.3) is 0 Å². The number of rotatable bonds is 6. The molecule has 102 valence electrons. The summed E-state index contributed by atoms with van der Waals surface area (Å²) in [5, 5.41) is 22.7. The van der Waals surface area contributed by atoms with Crippen LogP contribution in [0.4, 0.5) is 0 Å². The van der Waals surface area contributed by atoms with E-state index in [1.165, 1.54) is 0 Å². The van der Waals surface area contributed by atoms with Gasteiger partial charge in [0.2, 0.25) is 0 Å². The van der Waals surface area contributed by atoms with Crippen LogP contribution in [-0.2, 0) is 0 Å². The summed E-state index contributed by atoms with van der Waals surface area (Å²) in [6.45, 7) is 1.97. The number of para-hydroxylation sites is 1. The summed E-state index contributed by atoms with van der Waals surface area (Å²) in [4.78, 5) is 0. The number of phenolic OH excluding ortho intramolecular Hbond substituents is 1. The first kappa shape index (κ1) is 13.6.